The fourth-order valence-corrected chi connectivity index (χ4v) is 3.76. The monoisotopic (exact) mass is 391 g/mol. The van der Waals surface area contributed by atoms with Crippen LogP contribution in [-0.4, -0.2) is 42.6 Å². The molecule has 0 aromatic carbocycles. The molecule has 0 amide bonds. The van der Waals surface area contributed by atoms with Gasteiger partial charge in [0, 0.05) is 0 Å². The Morgan fingerprint density at radius 1 is 1.09 bits per heavy atom. The maximum absolute atomic E-state index is 13.6. The fraction of sp³-hybridized carbons (Fsp3) is 1.00. The molecule has 1 atom stereocenters. The zero-order valence-electron chi connectivity index (χ0n) is 11.8. The zero-order valence-corrected chi connectivity index (χ0v) is 13.5. The highest BCUT2D eigenvalue weighted by Crippen LogP contribution is 2.50. The van der Waals surface area contributed by atoms with Crippen LogP contribution in [0.15, 0.2) is 0 Å². The summed E-state index contributed by atoms with van der Waals surface area (Å²) in [6.45, 7) is 0. The number of nitrogens with one attached hydrogen (secondary N) is 1. The first kappa shape index (κ1) is 20.8. The third-order valence-corrected chi connectivity index (χ3v) is 5.97. The third-order valence-electron chi connectivity index (χ3n) is 3.38. The number of halogens is 6. The van der Waals surface area contributed by atoms with Gasteiger partial charge in [0.2, 0.25) is 0 Å². The molecule has 1 fully saturated rings. The van der Waals surface area contributed by atoms with Gasteiger partial charge in [0.15, 0.2) is 0 Å². The van der Waals surface area contributed by atoms with E-state index in [4.69, 9.17) is 0 Å². The van der Waals surface area contributed by atoms with Crippen LogP contribution in [0.2, 0.25) is 0 Å². The normalized spacial score (nSPS) is 20.5. The van der Waals surface area contributed by atoms with Crippen molar-refractivity contribution in [2.24, 2.45) is 0 Å². The highest BCUT2D eigenvalue weighted by molar-refractivity contribution is 7.91. The second-order valence-corrected chi connectivity index (χ2v) is 7.99. The van der Waals surface area contributed by atoms with Crippen molar-refractivity contribution < 1.29 is 43.5 Å². The smallest absolute Gasteiger partial charge is 0.498 e. The van der Waals surface area contributed by atoms with Crippen LogP contribution in [0, 0.1) is 0 Å². The summed E-state index contributed by atoms with van der Waals surface area (Å²) in [7, 11) is -6.21. The Kier molecular flexibility index (Phi) is 6.28. The summed E-state index contributed by atoms with van der Waals surface area (Å²) >= 11 is -3.91. The van der Waals surface area contributed by atoms with Gasteiger partial charge in [-0.15, -0.1) is 13.5 Å². The summed E-state index contributed by atoms with van der Waals surface area (Å²) < 4.78 is 119. The second-order valence-electron chi connectivity index (χ2n) is 4.95. The average molecular weight is 391 g/mol. The number of hydrogen-bond donors (Lipinski definition) is 1. The highest BCUT2D eigenvalue weighted by atomic mass is 32.2. The molecule has 23 heavy (non-hydrogen) atoms. The van der Waals surface area contributed by atoms with Gasteiger partial charge in [0.25, 0.3) is 0 Å². The average Bonchev–Trinajstić information content (AvgIpc) is 2.47. The molecule has 0 aliphatic heterocycles. The van der Waals surface area contributed by atoms with E-state index in [1.54, 1.807) is 4.72 Å². The Morgan fingerprint density at radius 3 is 2.00 bits per heavy atom. The van der Waals surface area contributed by atoms with Gasteiger partial charge in [-0.25, -0.2) is 0 Å². The van der Waals surface area contributed by atoms with Gasteiger partial charge in [-0.05, 0) is 12.8 Å². The van der Waals surface area contributed by atoms with E-state index in [-0.39, 0.29) is 20.0 Å². The van der Waals surface area contributed by atoms with E-state index in [1.165, 1.54) is 0 Å². The van der Waals surface area contributed by atoms with Gasteiger partial charge >= 0.3 is 26.5 Å². The fourth-order valence-electron chi connectivity index (χ4n) is 1.99. The lowest BCUT2D eigenvalue weighted by atomic mass is 9.96. The number of alkyl halides is 6. The predicted octanol–water partition coefficient (Wildman–Crippen LogP) is 2.37. The molecule has 13 heteroatoms. The largest absolute Gasteiger partial charge is 0.593 e. The topological polar surface area (TPSA) is 78.5 Å². The van der Waals surface area contributed by atoms with Gasteiger partial charge in [0.05, 0.1) is 13.2 Å². The molecule has 1 aliphatic carbocycles. The summed E-state index contributed by atoms with van der Waals surface area (Å²) in [4.78, 5) is 0. The van der Waals surface area contributed by atoms with Crippen LogP contribution in [0.1, 0.15) is 32.1 Å². The van der Waals surface area contributed by atoms with Crippen molar-refractivity contribution in [3.63, 3.8) is 0 Å². The molecule has 1 rings (SSSR count). The maximum atomic E-state index is 13.6. The molecule has 0 aromatic heterocycles. The summed E-state index contributed by atoms with van der Waals surface area (Å²) in [5, 5.41) is -12.1. The summed E-state index contributed by atoms with van der Waals surface area (Å²) in [5.74, 6) is -6.44. The van der Waals surface area contributed by atoms with E-state index in [2.05, 4.69) is 4.18 Å². The molecule has 0 radical (unpaired) electrons. The van der Waals surface area contributed by atoms with E-state index in [0.29, 0.717) is 12.8 Å². The quantitative estimate of drug-likeness (QED) is 0.410. The Morgan fingerprint density at radius 2 is 1.57 bits per heavy atom. The lowest BCUT2D eigenvalue weighted by Crippen LogP contribution is -2.63. The first-order chi connectivity index (χ1) is 10.3. The van der Waals surface area contributed by atoms with Gasteiger partial charge in [-0.3, -0.25) is 4.18 Å². The van der Waals surface area contributed by atoms with Crippen LogP contribution in [0.5, 0.6) is 0 Å². The molecule has 5 nitrogen and oxygen atoms in total. The number of hydrogen-bond acceptors (Lipinski definition) is 5. The molecule has 0 heterocycles. The maximum Gasteiger partial charge on any atom is 0.498 e. The summed E-state index contributed by atoms with van der Waals surface area (Å²) in [6.07, 6.45) is 2.46. The van der Waals surface area contributed by atoms with E-state index in [9.17, 15) is 39.3 Å². The van der Waals surface area contributed by atoms with Crippen LogP contribution < -0.4 is 4.72 Å². The van der Waals surface area contributed by atoms with Crippen molar-refractivity contribution in [2.45, 2.75) is 54.6 Å². The van der Waals surface area contributed by atoms with Crippen LogP contribution in [-0.2, 0) is 25.7 Å². The molecule has 1 N–H and O–H groups in total. The van der Waals surface area contributed by atoms with Crippen LogP contribution in [0.25, 0.3) is 0 Å². The van der Waals surface area contributed by atoms with Crippen molar-refractivity contribution in [3.8, 4) is 0 Å². The van der Waals surface area contributed by atoms with E-state index >= 15 is 0 Å². The van der Waals surface area contributed by atoms with Crippen LogP contribution >= 0.6 is 0 Å². The molecule has 0 spiro atoms. The van der Waals surface area contributed by atoms with Crippen LogP contribution in [0.3, 0.4) is 0 Å². The molecular weight excluding hydrogens is 376 g/mol. The Hall–Kier alpha value is -0.240. The highest BCUT2D eigenvalue weighted by Gasteiger charge is 2.84. The minimum absolute atomic E-state index is 0.120. The van der Waals surface area contributed by atoms with Crippen molar-refractivity contribution in [2.75, 3.05) is 7.11 Å². The van der Waals surface area contributed by atoms with Crippen molar-refractivity contribution in [1.29, 1.82) is 0 Å². The van der Waals surface area contributed by atoms with Gasteiger partial charge < -0.3 is 4.55 Å². The molecule has 1 aliphatic rings. The summed E-state index contributed by atoms with van der Waals surface area (Å²) in [5.41, 5.74) is 0. The minimum Gasteiger partial charge on any atom is -0.593 e. The Bertz CT molecular complexity index is 509. The molecule has 0 bridgehead atoms. The summed E-state index contributed by atoms with van der Waals surface area (Å²) in [6, 6.07) is -0.807. The second kappa shape index (κ2) is 6.94. The SMILES string of the molecule is COS(=O)(=O)C(F)(F)C(F)(F)C(F)(F)[S+]([O-])NC1CCCCC1. The van der Waals surface area contributed by atoms with E-state index < -0.39 is 44.0 Å². The van der Waals surface area contributed by atoms with Gasteiger partial charge in [0.1, 0.15) is 11.4 Å². The molecular formula is C10H15F6NO4S2. The number of rotatable bonds is 7. The first-order valence-corrected chi connectivity index (χ1v) is 8.98. The van der Waals surface area contributed by atoms with Crippen LogP contribution in [0.4, 0.5) is 26.3 Å². The predicted molar refractivity (Wildman–Crippen MR) is 68.9 cm³/mol. The zero-order chi connectivity index (χ0) is 18.1. The Balaban J connectivity index is 3.03. The first-order valence-electron chi connectivity index (χ1n) is 6.43. The standard InChI is InChI=1S/C10H15F6NO4S2/c1-21-23(19,20)10(15,16)8(11,12)9(13,14)22(18)17-7-5-3-2-4-6-7/h7,17H,2-6H2,1H3. The molecule has 1 saturated carbocycles. The lowest BCUT2D eigenvalue weighted by Gasteiger charge is -2.32. The molecule has 0 aromatic rings. The van der Waals surface area contributed by atoms with Gasteiger partial charge in [-0.1, -0.05) is 19.3 Å². The minimum atomic E-state index is -6.44. The molecule has 1 unspecified atom stereocenters. The van der Waals surface area contributed by atoms with Gasteiger partial charge in [-0.2, -0.15) is 26.0 Å². The lowest BCUT2D eigenvalue weighted by molar-refractivity contribution is -0.246. The van der Waals surface area contributed by atoms with E-state index in [1.807, 2.05) is 0 Å². The van der Waals surface area contributed by atoms with Crippen molar-refractivity contribution >= 4 is 21.5 Å². The molecule has 138 valence electrons. The third kappa shape index (κ3) is 3.72. The Labute approximate surface area is 132 Å². The van der Waals surface area contributed by atoms with Crippen molar-refractivity contribution in [3.05, 3.63) is 0 Å². The molecule has 0 saturated heterocycles. The van der Waals surface area contributed by atoms with E-state index in [0.717, 1.165) is 6.42 Å². The van der Waals surface area contributed by atoms with Crippen molar-refractivity contribution in [1.82, 2.24) is 4.72 Å².